The Balaban J connectivity index is 1.44. The first kappa shape index (κ1) is 25.6. The Bertz CT molecular complexity index is 1320. The Morgan fingerprint density at radius 3 is 2.27 bits per heavy atom. The first-order chi connectivity index (χ1) is 17.9. The molecule has 37 heavy (non-hydrogen) atoms. The van der Waals surface area contributed by atoms with Crippen LogP contribution in [0.25, 0.3) is 22.8 Å². The number of aromatic nitrogens is 2. The lowest BCUT2D eigenvalue weighted by Gasteiger charge is -2.22. The number of carbonyl (C=O) groups is 2. The maximum Gasteiger partial charge on any atom is 0.305 e. The van der Waals surface area contributed by atoms with Gasteiger partial charge in [-0.15, -0.1) is 0 Å². The van der Waals surface area contributed by atoms with Crippen molar-refractivity contribution in [2.45, 2.75) is 32.7 Å². The molecule has 0 aliphatic carbocycles. The fourth-order valence-corrected chi connectivity index (χ4v) is 3.96. The number of anilines is 1. The average molecular weight is 499 g/mol. The predicted octanol–water partition coefficient (Wildman–Crippen LogP) is 5.81. The van der Waals surface area contributed by atoms with E-state index < -0.39 is 5.97 Å². The topological polar surface area (TPSA) is 117 Å². The Labute approximate surface area is 215 Å². The number of carbonyl (C=O) groups excluding carboxylic acids is 1. The predicted molar refractivity (Wildman–Crippen MR) is 142 cm³/mol. The van der Waals surface area contributed by atoms with Crippen LogP contribution in [0.4, 0.5) is 5.69 Å². The third-order valence-corrected chi connectivity index (χ3v) is 5.84. The average Bonchev–Trinajstić information content (AvgIpc) is 3.39. The number of aliphatic carboxylic acids is 1. The van der Waals surface area contributed by atoms with E-state index in [4.69, 9.17) is 9.63 Å². The summed E-state index contributed by atoms with van der Waals surface area (Å²) in [5.41, 5.74) is 4.25. The van der Waals surface area contributed by atoms with E-state index in [0.717, 1.165) is 28.8 Å². The molecule has 0 radical (unpaired) electrons. The molecule has 1 amide bonds. The van der Waals surface area contributed by atoms with Gasteiger partial charge in [0.15, 0.2) is 0 Å². The lowest BCUT2D eigenvalue weighted by molar-refractivity contribution is -0.136. The molecule has 190 valence electrons. The summed E-state index contributed by atoms with van der Waals surface area (Å²) in [6.07, 6.45) is 0.805. The smallest absolute Gasteiger partial charge is 0.305 e. The third-order valence-electron chi connectivity index (χ3n) is 5.84. The highest BCUT2D eigenvalue weighted by atomic mass is 16.5. The number of benzene rings is 3. The fraction of sp³-hybridized carbons (Fsp3) is 0.241. The number of rotatable bonds is 11. The van der Waals surface area contributed by atoms with Crippen LogP contribution >= 0.6 is 0 Å². The molecule has 0 aliphatic heterocycles. The molecule has 1 aromatic heterocycles. The highest BCUT2D eigenvalue weighted by Gasteiger charge is 2.16. The molecule has 3 aromatic carbocycles. The van der Waals surface area contributed by atoms with E-state index in [1.54, 1.807) is 12.1 Å². The molecule has 0 unspecified atom stereocenters. The number of hydrogen-bond acceptors (Lipinski definition) is 6. The molecule has 8 nitrogen and oxygen atoms in total. The van der Waals surface area contributed by atoms with Crippen molar-refractivity contribution in [2.75, 3.05) is 11.9 Å². The Morgan fingerprint density at radius 1 is 0.919 bits per heavy atom. The summed E-state index contributed by atoms with van der Waals surface area (Å²) >= 11 is 0. The molecular formula is C29H30N4O4. The molecule has 4 aromatic rings. The van der Waals surface area contributed by atoms with Gasteiger partial charge < -0.3 is 20.3 Å². The molecule has 1 heterocycles. The van der Waals surface area contributed by atoms with Gasteiger partial charge >= 0.3 is 5.97 Å². The minimum Gasteiger partial charge on any atom is -0.481 e. The Hall–Kier alpha value is -4.46. The first-order valence-corrected chi connectivity index (χ1v) is 12.2. The van der Waals surface area contributed by atoms with Crippen molar-refractivity contribution in [3.8, 4) is 22.8 Å². The monoisotopic (exact) mass is 498 g/mol. The van der Waals surface area contributed by atoms with Crippen LogP contribution in [-0.2, 0) is 4.79 Å². The van der Waals surface area contributed by atoms with Gasteiger partial charge in [0.05, 0.1) is 12.5 Å². The van der Waals surface area contributed by atoms with Gasteiger partial charge in [-0.25, -0.2) is 0 Å². The first-order valence-electron chi connectivity index (χ1n) is 12.2. The lowest BCUT2D eigenvalue weighted by Crippen LogP contribution is -2.25. The minimum atomic E-state index is -0.946. The molecule has 0 spiro atoms. The molecule has 8 heteroatoms. The number of nitrogens with zero attached hydrogens (tertiary/aromatic N) is 2. The van der Waals surface area contributed by atoms with Gasteiger partial charge in [0, 0.05) is 28.9 Å². The van der Waals surface area contributed by atoms with Gasteiger partial charge in [-0.2, -0.15) is 4.98 Å². The SMILES string of the molecule is CC(C)C[C@@H](Nc1ccc(C(=O)NCCC(=O)O)cc1)c1ccc(-c2noc(-c3ccccc3)n2)cc1. The molecular weight excluding hydrogens is 468 g/mol. The summed E-state index contributed by atoms with van der Waals surface area (Å²) in [6, 6.07) is 25.0. The van der Waals surface area contributed by atoms with Crippen LogP contribution in [0.3, 0.4) is 0 Å². The molecule has 1 atom stereocenters. The van der Waals surface area contributed by atoms with Crippen molar-refractivity contribution in [1.29, 1.82) is 0 Å². The Kier molecular flexibility index (Phi) is 8.30. The van der Waals surface area contributed by atoms with Crippen LogP contribution in [0.1, 0.15) is 48.7 Å². The summed E-state index contributed by atoms with van der Waals surface area (Å²) in [5, 5.41) is 19.1. The minimum absolute atomic E-state index is 0.0643. The summed E-state index contributed by atoms with van der Waals surface area (Å²) in [4.78, 5) is 27.4. The van der Waals surface area contributed by atoms with Gasteiger partial charge in [0.1, 0.15) is 0 Å². The van der Waals surface area contributed by atoms with E-state index in [-0.39, 0.29) is 24.9 Å². The van der Waals surface area contributed by atoms with E-state index in [0.29, 0.717) is 23.2 Å². The normalized spacial score (nSPS) is 11.8. The van der Waals surface area contributed by atoms with Crippen LogP contribution < -0.4 is 10.6 Å². The summed E-state index contributed by atoms with van der Waals surface area (Å²) < 4.78 is 5.44. The van der Waals surface area contributed by atoms with Gasteiger partial charge in [0.2, 0.25) is 5.82 Å². The van der Waals surface area contributed by atoms with E-state index in [1.807, 2.05) is 54.6 Å². The van der Waals surface area contributed by atoms with Gasteiger partial charge in [0.25, 0.3) is 11.8 Å². The van der Waals surface area contributed by atoms with Gasteiger partial charge in [-0.3, -0.25) is 9.59 Å². The standard InChI is InChI=1S/C29H30N4O4/c1-19(2)18-25(31-24-14-12-22(13-15-24)28(36)30-17-16-26(34)35)20-8-10-21(11-9-20)27-32-29(37-33-27)23-6-4-3-5-7-23/h3-15,19,25,31H,16-18H2,1-2H3,(H,30,36)(H,34,35)/t25-/m1/s1. The number of hydrogen-bond donors (Lipinski definition) is 3. The van der Waals surface area contributed by atoms with E-state index in [1.165, 1.54) is 0 Å². The fourth-order valence-electron chi connectivity index (χ4n) is 3.96. The summed E-state index contributed by atoms with van der Waals surface area (Å²) in [6.45, 7) is 4.45. The zero-order valence-corrected chi connectivity index (χ0v) is 20.8. The number of amides is 1. The molecule has 0 aliphatic rings. The second-order valence-corrected chi connectivity index (χ2v) is 9.21. The van der Waals surface area contributed by atoms with Crippen LogP contribution in [0, 0.1) is 5.92 Å². The van der Waals surface area contributed by atoms with E-state index in [9.17, 15) is 9.59 Å². The lowest BCUT2D eigenvalue weighted by atomic mass is 9.95. The van der Waals surface area contributed by atoms with Crippen molar-refractivity contribution in [3.05, 3.63) is 90.0 Å². The summed E-state index contributed by atoms with van der Waals surface area (Å²) in [7, 11) is 0. The third kappa shape index (κ3) is 7.04. The highest BCUT2D eigenvalue weighted by Crippen LogP contribution is 2.29. The van der Waals surface area contributed by atoms with Gasteiger partial charge in [-0.05, 0) is 54.3 Å². The second-order valence-electron chi connectivity index (χ2n) is 9.21. The molecule has 0 fully saturated rings. The van der Waals surface area contributed by atoms with Crippen molar-refractivity contribution in [1.82, 2.24) is 15.5 Å². The quantitative estimate of drug-likeness (QED) is 0.239. The highest BCUT2D eigenvalue weighted by molar-refractivity contribution is 5.94. The summed E-state index contributed by atoms with van der Waals surface area (Å²) in [5.74, 6) is 0.244. The largest absolute Gasteiger partial charge is 0.481 e. The maximum absolute atomic E-state index is 12.2. The van der Waals surface area contributed by atoms with Crippen molar-refractivity contribution in [3.63, 3.8) is 0 Å². The van der Waals surface area contributed by atoms with E-state index >= 15 is 0 Å². The van der Waals surface area contributed by atoms with Crippen LogP contribution in [-0.4, -0.2) is 33.7 Å². The van der Waals surface area contributed by atoms with Crippen molar-refractivity contribution in [2.24, 2.45) is 5.92 Å². The Morgan fingerprint density at radius 2 is 1.62 bits per heavy atom. The van der Waals surface area contributed by atoms with Crippen LogP contribution in [0.5, 0.6) is 0 Å². The zero-order valence-electron chi connectivity index (χ0n) is 20.8. The zero-order chi connectivity index (χ0) is 26.2. The number of carboxylic acid groups (broad SMARTS) is 1. The van der Waals surface area contributed by atoms with Crippen molar-refractivity contribution >= 4 is 17.6 Å². The molecule has 0 saturated heterocycles. The molecule has 3 N–H and O–H groups in total. The molecule has 4 rings (SSSR count). The molecule has 0 saturated carbocycles. The van der Waals surface area contributed by atoms with Gasteiger partial charge in [-0.1, -0.05) is 61.5 Å². The maximum atomic E-state index is 12.2. The van der Waals surface area contributed by atoms with Crippen LogP contribution in [0.2, 0.25) is 0 Å². The van der Waals surface area contributed by atoms with Crippen LogP contribution in [0.15, 0.2) is 83.4 Å². The van der Waals surface area contributed by atoms with E-state index in [2.05, 4.69) is 46.8 Å². The van der Waals surface area contributed by atoms with Crippen molar-refractivity contribution < 1.29 is 19.2 Å². The second kappa shape index (κ2) is 12.0. The number of carboxylic acids is 1. The molecule has 0 bridgehead atoms. The number of nitrogens with one attached hydrogen (secondary N) is 2.